The number of hydrogen-bond acceptors (Lipinski definition) is 3. The number of fused-ring (bicyclic) bond motifs is 5. The van der Waals surface area contributed by atoms with E-state index in [1.54, 1.807) is 0 Å². The van der Waals surface area contributed by atoms with Gasteiger partial charge in [0.15, 0.2) is 0 Å². The van der Waals surface area contributed by atoms with E-state index in [0.29, 0.717) is 0 Å². The second-order valence-corrected chi connectivity index (χ2v) is 5.47. The summed E-state index contributed by atoms with van der Waals surface area (Å²) in [6.07, 6.45) is 3.05. The van der Waals surface area contributed by atoms with Crippen LogP contribution in [0.5, 0.6) is 0 Å². The van der Waals surface area contributed by atoms with Gasteiger partial charge in [-0.3, -0.25) is 9.59 Å². The summed E-state index contributed by atoms with van der Waals surface area (Å²) < 4.78 is 5.87. The molecule has 2 aliphatic heterocycles. The van der Waals surface area contributed by atoms with Gasteiger partial charge < -0.3 is 4.74 Å². The zero-order chi connectivity index (χ0) is 10.8. The molecular weight excluding hydrogens is 192 g/mol. The molecule has 3 heteroatoms. The van der Waals surface area contributed by atoms with Crippen LogP contribution in [0.25, 0.3) is 0 Å². The van der Waals surface area contributed by atoms with E-state index in [0.717, 1.165) is 19.3 Å². The second-order valence-electron chi connectivity index (χ2n) is 5.47. The van der Waals surface area contributed by atoms with Crippen LogP contribution in [0, 0.1) is 10.8 Å². The van der Waals surface area contributed by atoms with Crippen LogP contribution in [0.2, 0.25) is 0 Å². The summed E-state index contributed by atoms with van der Waals surface area (Å²) in [4.78, 5) is 24.1. The molecule has 0 N–H and O–H groups in total. The fourth-order valence-electron chi connectivity index (χ4n) is 3.79. The Morgan fingerprint density at radius 3 is 2.00 bits per heavy atom. The number of ether oxygens (including phenoxy) is 1. The van der Waals surface area contributed by atoms with E-state index in [4.69, 9.17) is 4.74 Å². The van der Waals surface area contributed by atoms with Gasteiger partial charge in [-0.1, -0.05) is 0 Å². The van der Waals surface area contributed by atoms with Gasteiger partial charge in [-0.25, -0.2) is 0 Å². The van der Waals surface area contributed by atoms with E-state index in [2.05, 4.69) is 0 Å². The van der Waals surface area contributed by atoms with Crippen molar-refractivity contribution in [2.24, 2.45) is 10.8 Å². The normalized spacial score (nSPS) is 53.5. The van der Waals surface area contributed by atoms with Gasteiger partial charge in [0.25, 0.3) is 0 Å². The summed E-state index contributed by atoms with van der Waals surface area (Å²) in [5, 5.41) is 0. The number of Topliss-reactive ketones (excluding diaryl/α,β-unsaturated/α-hetero) is 2. The highest BCUT2D eigenvalue weighted by atomic mass is 16.5. The Bertz CT molecular complexity index is 330. The van der Waals surface area contributed by atoms with Gasteiger partial charge in [-0.15, -0.1) is 0 Å². The zero-order valence-corrected chi connectivity index (χ0v) is 9.21. The van der Waals surface area contributed by atoms with Gasteiger partial charge in [0, 0.05) is 0 Å². The fraction of sp³-hybridized carbons (Fsp3) is 0.833. The molecule has 0 aromatic rings. The molecule has 1 saturated carbocycles. The summed E-state index contributed by atoms with van der Waals surface area (Å²) in [6.45, 7) is 3.88. The summed E-state index contributed by atoms with van der Waals surface area (Å²) in [5.74, 6) is 0.203. The topological polar surface area (TPSA) is 43.4 Å². The highest BCUT2D eigenvalue weighted by Crippen LogP contribution is 2.62. The molecule has 0 spiro atoms. The van der Waals surface area contributed by atoms with Crippen molar-refractivity contribution < 1.29 is 14.3 Å². The highest BCUT2D eigenvalue weighted by molar-refractivity contribution is 6.13. The molecule has 2 saturated heterocycles. The Morgan fingerprint density at radius 2 is 1.53 bits per heavy atom. The highest BCUT2D eigenvalue weighted by Gasteiger charge is 2.72. The lowest BCUT2D eigenvalue weighted by atomic mass is 9.64. The molecule has 3 rings (SSSR count). The Morgan fingerprint density at radius 1 is 1.07 bits per heavy atom. The Balaban J connectivity index is 2.19. The maximum atomic E-state index is 12.0. The van der Waals surface area contributed by atoms with Crippen LogP contribution in [0.15, 0.2) is 0 Å². The van der Waals surface area contributed by atoms with Crippen molar-refractivity contribution >= 4 is 11.6 Å². The molecule has 2 bridgehead atoms. The predicted octanol–water partition coefficient (Wildman–Crippen LogP) is 1.49. The first kappa shape index (κ1) is 9.52. The number of carbonyl (C=O) groups is 2. The summed E-state index contributed by atoms with van der Waals surface area (Å²) in [7, 11) is 0. The first-order valence-corrected chi connectivity index (χ1v) is 5.73. The molecule has 0 radical (unpaired) electrons. The molecule has 4 unspecified atom stereocenters. The van der Waals surface area contributed by atoms with Gasteiger partial charge >= 0.3 is 0 Å². The van der Waals surface area contributed by atoms with Crippen LogP contribution >= 0.6 is 0 Å². The third kappa shape index (κ3) is 0.792. The minimum absolute atomic E-state index is 0.0137. The van der Waals surface area contributed by atoms with Gasteiger partial charge in [-0.2, -0.15) is 0 Å². The Kier molecular flexibility index (Phi) is 1.59. The standard InChI is InChI=1S/C12H16O3/c1-11-7(13)6-8(14)12(11,2)10-5-3-4-9(11)15-10/h9-10H,3-6H2,1-2H3. The molecule has 2 heterocycles. The molecule has 0 aromatic heterocycles. The van der Waals surface area contributed by atoms with E-state index in [1.807, 2.05) is 13.8 Å². The lowest BCUT2D eigenvalue weighted by molar-refractivity contribution is -0.130. The number of ketones is 2. The molecule has 3 aliphatic rings. The number of carbonyl (C=O) groups excluding carboxylic acids is 2. The first-order chi connectivity index (χ1) is 7.01. The molecule has 82 valence electrons. The Hall–Kier alpha value is -0.700. The quantitative estimate of drug-likeness (QED) is 0.566. The summed E-state index contributed by atoms with van der Waals surface area (Å²) in [5.41, 5.74) is -1.07. The van der Waals surface area contributed by atoms with Crippen LogP contribution in [-0.2, 0) is 14.3 Å². The zero-order valence-electron chi connectivity index (χ0n) is 9.21. The second kappa shape index (κ2) is 2.51. The van der Waals surface area contributed by atoms with Gasteiger partial charge in [0.05, 0.1) is 29.5 Å². The first-order valence-electron chi connectivity index (χ1n) is 5.73. The van der Waals surface area contributed by atoms with E-state index in [9.17, 15) is 9.59 Å². The van der Waals surface area contributed by atoms with Crippen LogP contribution in [0.1, 0.15) is 39.5 Å². The third-order valence-corrected chi connectivity index (χ3v) is 5.11. The average molecular weight is 208 g/mol. The van der Waals surface area contributed by atoms with Crippen molar-refractivity contribution in [1.82, 2.24) is 0 Å². The smallest absolute Gasteiger partial charge is 0.149 e. The maximum Gasteiger partial charge on any atom is 0.149 e. The molecule has 0 amide bonds. The maximum absolute atomic E-state index is 12.0. The van der Waals surface area contributed by atoms with Crippen LogP contribution in [-0.4, -0.2) is 23.8 Å². The summed E-state index contributed by atoms with van der Waals surface area (Å²) in [6, 6.07) is 0. The van der Waals surface area contributed by atoms with Crippen LogP contribution in [0.3, 0.4) is 0 Å². The van der Waals surface area contributed by atoms with Crippen molar-refractivity contribution in [3.05, 3.63) is 0 Å². The predicted molar refractivity (Wildman–Crippen MR) is 53.4 cm³/mol. The van der Waals surface area contributed by atoms with Gasteiger partial charge in [-0.05, 0) is 33.1 Å². The number of hydrogen-bond donors (Lipinski definition) is 0. The van der Waals surface area contributed by atoms with Crippen molar-refractivity contribution in [3.63, 3.8) is 0 Å². The van der Waals surface area contributed by atoms with E-state index in [1.165, 1.54) is 0 Å². The third-order valence-electron chi connectivity index (χ3n) is 5.11. The minimum atomic E-state index is -0.536. The Labute approximate surface area is 89.2 Å². The van der Waals surface area contributed by atoms with Gasteiger partial charge in [0.1, 0.15) is 11.6 Å². The summed E-state index contributed by atoms with van der Waals surface area (Å²) >= 11 is 0. The van der Waals surface area contributed by atoms with E-state index < -0.39 is 10.8 Å². The number of rotatable bonds is 0. The van der Waals surface area contributed by atoms with Crippen molar-refractivity contribution in [2.75, 3.05) is 0 Å². The molecule has 1 aliphatic carbocycles. The van der Waals surface area contributed by atoms with E-state index in [-0.39, 0.29) is 30.2 Å². The lowest BCUT2D eigenvalue weighted by Gasteiger charge is -2.33. The van der Waals surface area contributed by atoms with Crippen molar-refractivity contribution in [2.45, 2.75) is 51.7 Å². The SMILES string of the molecule is CC12C(=O)CC(=O)C1(C)C1CCCC2O1. The molecule has 4 atom stereocenters. The average Bonchev–Trinajstić information content (AvgIpc) is 2.50. The van der Waals surface area contributed by atoms with Gasteiger partial charge in [0.2, 0.25) is 0 Å². The van der Waals surface area contributed by atoms with Crippen molar-refractivity contribution in [1.29, 1.82) is 0 Å². The molecule has 15 heavy (non-hydrogen) atoms. The largest absolute Gasteiger partial charge is 0.373 e. The van der Waals surface area contributed by atoms with Crippen LogP contribution < -0.4 is 0 Å². The minimum Gasteiger partial charge on any atom is -0.373 e. The fourth-order valence-corrected chi connectivity index (χ4v) is 3.79. The molecule has 3 fully saturated rings. The van der Waals surface area contributed by atoms with Crippen LogP contribution in [0.4, 0.5) is 0 Å². The monoisotopic (exact) mass is 208 g/mol. The molecular formula is C12H16O3. The molecule has 0 aromatic carbocycles. The van der Waals surface area contributed by atoms with E-state index >= 15 is 0 Å². The molecule has 3 nitrogen and oxygen atoms in total. The van der Waals surface area contributed by atoms with Crippen molar-refractivity contribution in [3.8, 4) is 0 Å². The lowest BCUT2D eigenvalue weighted by Crippen LogP contribution is -2.44.